The fraction of sp³-hybridized carbons (Fsp3) is 0.211. The van der Waals surface area contributed by atoms with E-state index in [-0.39, 0.29) is 5.97 Å². The van der Waals surface area contributed by atoms with Gasteiger partial charge in [-0.2, -0.15) is 0 Å². The summed E-state index contributed by atoms with van der Waals surface area (Å²) in [7, 11) is 0. The molecule has 1 heterocycles. The van der Waals surface area contributed by atoms with Crippen molar-refractivity contribution in [3.05, 3.63) is 82.9 Å². The minimum absolute atomic E-state index is 0.308. The van der Waals surface area contributed by atoms with Crippen molar-refractivity contribution in [2.45, 2.75) is 25.9 Å². The Balaban J connectivity index is 2.20. The van der Waals surface area contributed by atoms with Crippen molar-refractivity contribution in [1.82, 2.24) is 0 Å². The standard InChI is InChI=1S/C19H18O2/c1-13-9-10-17(11-14(13)2)19(12-15(3)18(20)21-19)16-7-5-4-6-8-16/h4-11H,3,12H2,1-2H3/t19-/m1/s1. The number of cyclic esters (lactones) is 1. The maximum Gasteiger partial charge on any atom is 0.334 e. The number of hydrogen-bond acceptors (Lipinski definition) is 2. The molecule has 0 amide bonds. The highest BCUT2D eigenvalue weighted by molar-refractivity contribution is 5.91. The van der Waals surface area contributed by atoms with Crippen LogP contribution in [0.15, 0.2) is 60.7 Å². The van der Waals surface area contributed by atoms with Crippen LogP contribution in [0.25, 0.3) is 0 Å². The van der Waals surface area contributed by atoms with E-state index in [4.69, 9.17) is 4.74 Å². The predicted molar refractivity (Wildman–Crippen MR) is 83.0 cm³/mol. The van der Waals surface area contributed by atoms with Gasteiger partial charge in [-0.15, -0.1) is 0 Å². The lowest BCUT2D eigenvalue weighted by Gasteiger charge is -2.29. The molecule has 2 aromatic carbocycles. The zero-order chi connectivity index (χ0) is 15.0. The molecule has 0 aliphatic carbocycles. The third-order valence-corrected chi connectivity index (χ3v) is 4.23. The summed E-state index contributed by atoms with van der Waals surface area (Å²) in [5.41, 5.74) is 4.19. The van der Waals surface area contributed by atoms with Crippen LogP contribution in [0.3, 0.4) is 0 Å². The molecule has 0 spiro atoms. The van der Waals surface area contributed by atoms with Gasteiger partial charge in [0.05, 0.1) is 0 Å². The largest absolute Gasteiger partial charge is 0.446 e. The molecule has 0 aromatic heterocycles. The van der Waals surface area contributed by atoms with Gasteiger partial charge in [0.15, 0.2) is 5.60 Å². The first-order chi connectivity index (χ1) is 10.0. The number of ether oxygens (including phenoxy) is 1. The number of hydrogen-bond donors (Lipinski definition) is 0. The molecular weight excluding hydrogens is 260 g/mol. The average molecular weight is 278 g/mol. The average Bonchev–Trinajstić information content (AvgIpc) is 2.80. The van der Waals surface area contributed by atoms with Crippen LogP contribution < -0.4 is 0 Å². The van der Waals surface area contributed by atoms with Crippen LogP contribution in [0, 0.1) is 13.8 Å². The molecule has 0 N–H and O–H groups in total. The lowest BCUT2D eigenvalue weighted by atomic mass is 9.82. The molecule has 3 rings (SSSR count). The SMILES string of the molecule is C=C1C[C@@](c2ccccc2)(c2ccc(C)c(C)c2)OC1=O. The van der Waals surface area contributed by atoms with E-state index in [0.717, 1.165) is 11.1 Å². The summed E-state index contributed by atoms with van der Waals surface area (Å²) >= 11 is 0. The molecule has 0 radical (unpaired) electrons. The zero-order valence-electron chi connectivity index (χ0n) is 12.3. The van der Waals surface area contributed by atoms with Gasteiger partial charge in [0.2, 0.25) is 0 Å². The summed E-state index contributed by atoms with van der Waals surface area (Å²) in [6.07, 6.45) is 0.498. The first kappa shape index (κ1) is 13.6. The molecule has 1 aliphatic heterocycles. The molecule has 106 valence electrons. The number of carbonyl (C=O) groups is 1. The Labute approximate surface area is 125 Å². The minimum atomic E-state index is -0.742. The quantitative estimate of drug-likeness (QED) is 0.612. The molecule has 1 aliphatic rings. The van der Waals surface area contributed by atoms with Gasteiger partial charge in [0, 0.05) is 23.1 Å². The Morgan fingerprint density at radius 3 is 2.29 bits per heavy atom. The Morgan fingerprint density at radius 1 is 1.00 bits per heavy atom. The molecule has 2 nitrogen and oxygen atoms in total. The Kier molecular flexibility index (Phi) is 3.17. The van der Waals surface area contributed by atoms with E-state index < -0.39 is 5.60 Å². The van der Waals surface area contributed by atoms with Gasteiger partial charge >= 0.3 is 5.97 Å². The Bertz CT molecular complexity index is 698. The number of benzene rings is 2. The molecule has 0 bridgehead atoms. The molecule has 1 fully saturated rings. The van der Waals surface area contributed by atoms with E-state index in [0.29, 0.717) is 12.0 Å². The van der Waals surface area contributed by atoms with Crippen molar-refractivity contribution in [3.8, 4) is 0 Å². The van der Waals surface area contributed by atoms with E-state index in [2.05, 4.69) is 32.6 Å². The lowest BCUT2D eigenvalue weighted by molar-refractivity contribution is -0.144. The molecule has 0 saturated carbocycles. The van der Waals surface area contributed by atoms with Crippen molar-refractivity contribution < 1.29 is 9.53 Å². The third kappa shape index (κ3) is 2.17. The molecule has 1 atom stereocenters. The maximum atomic E-state index is 12.0. The highest BCUT2D eigenvalue weighted by Crippen LogP contribution is 2.44. The highest BCUT2D eigenvalue weighted by atomic mass is 16.6. The van der Waals surface area contributed by atoms with E-state index in [1.807, 2.05) is 36.4 Å². The van der Waals surface area contributed by atoms with E-state index >= 15 is 0 Å². The second kappa shape index (κ2) is 4.88. The molecular formula is C19H18O2. The second-order valence-corrected chi connectivity index (χ2v) is 5.66. The fourth-order valence-corrected chi connectivity index (χ4v) is 2.83. The van der Waals surface area contributed by atoms with Gasteiger partial charge in [-0.3, -0.25) is 0 Å². The van der Waals surface area contributed by atoms with Crippen molar-refractivity contribution in [1.29, 1.82) is 0 Å². The van der Waals surface area contributed by atoms with Crippen LogP contribution in [0.4, 0.5) is 0 Å². The summed E-state index contributed by atoms with van der Waals surface area (Å²) < 4.78 is 5.79. The van der Waals surface area contributed by atoms with Crippen LogP contribution in [-0.4, -0.2) is 5.97 Å². The van der Waals surface area contributed by atoms with Gasteiger partial charge < -0.3 is 4.74 Å². The third-order valence-electron chi connectivity index (χ3n) is 4.23. The van der Waals surface area contributed by atoms with Crippen LogP contribution in [0.2, 0.25) is 0 Å². The highest BCUT2D eigenvalue weighted by Gasteiger charge is 2.45. The van der Waals surface area contributed by atoms with Crippen molar-refractivity contribution in [3.63, 3.8) is 0 Å². The van der Waals surface area contributed by atoms with Crippen LogP contribution in [-0.2, 0) is 15.1 Å². The summed E-state index contributed by atoms with van der Waals surface area (Å²) in [6, 6.07) is 16.1. The van der Waals surface area contributed by atoms with Crippen LogP contribution in [0.1, 0.15) is 28.7 Å². The summed E-state index contributed by atoms with van der Waals surface area (Å²) in [6.45, 7) is 8.00. The Morgan fingerprint density at radius 2 is 1.71 bits per heavy atom. The number of rotatable bonds is 2. The van der Waals surface area contributed by atoms with Gasteiger partial charge in [-0.25, -0.2) is 4.79 Å². The first-order valence-corrected chi connectivity index (χ1v) is 7.07. The molecule has 21 heavy (non-hydrogen) atoms. The molecule has 1 saturated heterocycles. The zero-order valence-corrected chi connectivity index (χ0v) is 12.3. The lowest BCUT2D eigenvalue weighted by Crippen LogP contribution is -2.27. The number of aryl methyl sites for hydroxylation is 2. The van der Waals surface area contributed by atoms with Crippen LogP contribution in [0.5, 0.6) is 0 Å². The van der Waals surface area contributed by atoms with Gasteiger partial charge in [0.1, 0.15) is 0 Å². The summed E-state index contributed by atoms with van der Waals surface area (Å²) in [5, 5.41) is 0. The van der Waals surface area contributed by atoms with Gasteiger partial charge in [-0.05, 0) is 25.0 Å². The topological polar surface area (TPSA) is 26.3 Å². The minimum Gasteiger partial charge on any atom is -0.446 e. The molecule has 2 aromatic rings. The number of esters is 1. The molecule has 2 heteroatoms. The summed E-state index contributed by atoms with van der Waals surface area (Å²) in [5.74, 6) is -0.308. The second-order valence-electron chi connectivity index (χ2n) is 5.66. The first-order valence-electron chi connectivity index (χ1n) is 7.07. The predicted octanol–water partition coefficient (Wildman–Crippen LogP) is 4.05. The Hall–Kier alpha value is -2.35. The normalized spacial score (nSPS) is 21.4. The van der Waals surface area contributed by atoms with Crippen LogP contribution >= 0.6 is 0 Å². The van der Waals surface area contributed by atoms with E-state index in [1.165, 1.54) is 11.1 Å². The van der Waals surface area contributed by atoms with E-state index in [1.54, 1.807) is 0 Å². The monoisotopic (exact) mass is 278 g/mol. The van der Waals surface area contributed by atoms with Gasteiger partial charge in [-0.1, -0.05) is 55.1 Å². The smallest absolute Gasteiger partial charge is 0.334 e. The van der Waals surface area contributed by atoms with Crippen molar-refractivity contribution >= 4 is 5.97 Å². The maximum absolute atomic E-state index is 12.0. The van der Waals surface area contributed by atoms with Gasteiger partial charge in [0.25, 0.3) is 0 Å². The summed E-state index contributed by atoms with van der Waals surface area (Å²) in [4.78, 5) is 12.0. The molecule has 0 unspecified atom stereocenters. The van der Waals surface area contributed by atoms with E-state index in [9.17, 15) is 4.79 Å². The van der Waals surface area contributed by atoms with Crippen molar-refractivity contribution in [2.75, 3.05) is 0 Å². The van der Waals surface area contributed by atoms with Crippen molar-refractivity contribution in [2.24, 2.45) is 0 Å². The fourth-order valence-electron chi connectivity index (χ4n) is 2.83. The number of carbonyl (C=O) groups excluding carboxylic acids is 1.